The zero-order valence-electron chi connectivity index (χ0n) is 18.3. The molecule has 0 N–H and O–H groups in total. The molecule has 1 aliphatic heterocycles. The molecule has 0 bridgehead atoms. The van der Waals surface area contributed by atoms with E-state index < -0.39 is 0 Å². The predicted octanol–water partition coefficient (Wildman–Crippen LogP) is 6.37. The van der Waals surface area contributed by atoms with Gasteiger partial charge in [0.1, 0.15) is 0 Å². The summed E-state index contributed by atoms with van der Waals surface area (Å²) in [6.45, 7) is 18.0. The van der Waals surface area contributed by atoms with E-state index in [1.807, 2.05) is 0 Å². The van der Waals surface area contributed by atoms with Crippen LogP contribution in [0.15, 0.2) is 0 Å². The highest BCUT2D eigenvalue weighted by molar-refractivity contribution is 5.19. The number of hydrogen-bond donors (Lipinski definition) is 0. The molecule has 3 aliphatic carbocycles. The highest BCUT2D eigenvalue weighted by Gasteiger charge is 2.67. The minimum atomic E-state index is 0.524. The molecule has 0 aromatic carbocycles. The molecule has 1 spiro atoms. The molecule has 7 atom stereocenters. The van der Waals surface area contributed by atoms with E-state index in [4.69, 9.17) is 0 Å². The molecule has 1 heteroatoms. The predicted molar refractivity (Wildman–Crippen MR) is 108 cm³/mol. The van der Waals surface area contributed by atoms with Crippen LogP contribution >= 0.6 is 0 Å². The Hall–Kier alpha value is -0.0400. The molecule has 144 valence electrons. The Bertz CT molecular complexity index is 548. The fourth-order valence-electron chi connectivity index (χ4n) is 9.07. The second-order valence-electron chi connectivity index (χ2n) is 11.9. The normalized spacial score (nSPS) is 52.4. The van der Waals surface area contributed by atoms with E-state index in [1.165, 1.54) is 44.9 Å². The van der Waals surface area contributed by atoms with Crippen molar-refractivity contribution in [3.05, 3.63) is 0 Å². The maximum Gasteiger partial charge on any atom is 0.0218 e. The van der Waals surface area contributed by atoms with Gasteiger partial charge in [0.2, 0.25) is 0 Å². The van der Waals surface area contributed by atoms with Crippen molar-refractivity contribution in [3.8, 4) is 0 Å². The van der Waals surface area contributed by atoms with Crippen molar-refractivity contribution in [2.24, 2.45) is 39.4 Å². The standard InChI is InChI=1S/C24H43N/c1-16(2)24(14-13-23(11-12-23)18(24)4)17(3)15-21(6)9-10-22(7)19(5)25(8)20(21)22/h16-20H,9-15H2,1-8H3. The number of likely N-dealkylation sites (tertiary alicyclic amines) is 1. The molecule has 0 amide bonds. The summed E-state index contributed by atoms with van der Waals surface area (Å²) in [4.78, 5) is 2.71. The first kappa shape index (κ1) is 18.3. The zero-order chi connectivity index (χ0) is 18.4. The van der Waals surface area contributed by atoms with Gasteiger partial charge >= 0.3 is 0 Å². The molecule has 25 heavy (non-hydrogen) atoms. The summed E-state index contributed by atoms with van der Waals surface area (Å²) in [6.07, 6.45) is 10.4. The lowest BCUT2D eigenvalue weighted by Gasteiger charge is -2.62. The fraction of sp³-hybridized carbons (Fsp3) is 1.00. The second kappa shape index (κ2) is 5.27. The maximum absolute atomic E-state index is 2.71. The SMILES string of the molecule is CC1N(C)C2C(C)(CC(C)C3(C(C)C)CCC4(CC4)C3C)CCC12C. The molecule has 0 aromatic heterocycles. The van der Waals surface area contributed by atoms with Gasteiger partial charge < -0.3 is 0 Å². The Morgan fingerprint density at radius 2 is 1.52 bits per heavy atom. The van der Waals surface area contributed by atoms with E-state index in [0.717, 1.165) is 35.3 Å². The monoisotopic (exact) mass is 345 g/mol. The van der Waals surface area contributed by atoms with Crippen LogP contribution in [0.1, 0.15) is 93.4 Å². The molecule has 4 rings (SSSR count). The first-order chi connectivity index (χ1) is 11.5. The first-order valence-electron chi connectivity index (χ1n) is 11.3. The number of hydrogen-bond acceptors (Lipinski definition) is 1. The average molecular weight is 346 g/mol. The summed E-state index contributed by atoms with van der Waals surface area (Å²) in [7, 11) is 2.39. The molecule has 4 fully saturated rings. The van der Waals surface area contributed by atoms with Gasteiger partial charge in [0.25, 0.3) is 0 Å². The Balaban J connectivity index is 1.58. The van der Waals surface area contributed by atoms with Crippen LogP contribution in [0.5, 0.6) is 0 Å². The van der Waals surface area contributed by atoms with Gasteiger partial charge in [0.15, 0.2) is 0 Å². The van der Waals surface area contributed by atoms with E-state index >= 15 is 0 Å². The third-order valence-corrected chi connectivity index (χ3v) is 10.9. The number of fused-ring (bicyclic) bond motifs is 1. The van der Waals surface area contributed by atoms with Gasteiger partial charge in [-0.2, -0.15) is 0 Å². The van der Waals surface area contributed by atoms with Crippen molar-refractivity contribution >= 4 is 0 Å². The lowest BCUT2D eigenvalue weighted by atomic mass is 9.55. The average Bonchev–Trinajstić information content (AvgIpc) is 3.21. The van der Waals surface area contributed by atoms with Crippen molar-refractivity contribution in [1.82, 2.24) is 4.90 Å². The highest BCUT2D eigenvalue weighted by atomic mass is 15.3. The first-order valence-corrected chi connectivity index (χ1v) is 11.3. The summed E-state index contributed by atoms with van der Waals surface area (Å²) in [5.41, 5.74) is 2.45. The minimum absolute atomic E-state index is 0.524. The van der Waals surface area contributed by atoms with Crippen LogP contribution in [-0.2, 0) is 0 Å². The van der Waals surface area contributed by atoms with E-state index in [9.17, 15) is 0 Å². The van der Waals surface area contributed by atoms with Crippen LogP contribution < -0.4 is 0 Å². The molecular weight excluding hydrogens is 302 g/mol. The number of rotatable bonds is 4. The largest absolute Gasteiger partial charge is 0.299 e. The Kier molecular flexibility index (Phi) is 3.86. The summed E-state index contributed by atoms with van der Waals surface area (Å²) in [6, 6.07) is 1.59. The third kappa shape index (κ3) is 2.11. The van der Waals surface area contributed by atoms with Gasteiger partial charge in [0.05, 0.1) is 0 Å². The molecule has 4 aliphatic rings. The molecule has 1 heterocycles. The fourth-order valence-corrected chi connectivity index (χ4v) is 9.07. The second-order valence-corrected chi connectivity index (χ2v) is 11.9. The third-order valence-electron chi connectivity index (χ3n) is 10.9. The van der Waals surface area contributed by atoms with Crippen LogP contribution in [-0.4, -0.2) is 24.0 Å². The molecule has 0 radical (unpaired) electrons. The minimum Gasteiger partial charge on any atom is -0.299 e. The van der Waals surface area contributed by atoms with Crippen molar-refractivity contribution in [2.75, 3.05) is 7.05 Å². The van der Waals surface area contributed by atoms with E-state index in [0.29, 0.717) is 16.2 Å². The summed E-state index contributed by atoms with van der Waals surface area (Å²) in [5, 5.41) is 0. The van der Waals surface area contributed by atoms with E-state index in [-0.39, 0.29) is 0 Å². The molecule has 1 nitrogen and oxygen atoms in total. The van der Waals surface area contributed by atoms with Gasteiger partial charge in [-0.15, -0.1) is 0 Å². The van der Waals surface area contributed by atoms with Crippen molar-refractivity contribution < 1.29 is 0 Å². The van der Waals surface area contributed by atoms with Crippen LogP contribution in [0.3, 0.4) is 0 Å². The lowest BCUT2D eigenvalue weighted by Crippen LogP contribution is -2.69. The van der Waals surface area contributed by atoms with Crippen LogP contribution in [0.2, 0.25) is 0 Å². The highest BCUT2D eigenvalue weighted by Crippen LogP contribution is 2.72. The quantitative estimate of drug-likeness (QED) is 0.572. The van der Waals surface area contributed by atoms with Crippen LogP contribution in [0.25, 0.3) is 0 Å². The molecule has 0 aromatic rings. The van der Waals surface area contributed by atoms with Gasteiger partial charge in [-0.25, -0.2) is 0 Å². The van der Waals surface area contributed by atoms with Gasteiger partial charge in [-0.05, 0) is 98.3 Å². The lowest BCUT2D eigenvalue weighted by molar-refractivity contribution is -0.128. The van der Waals surface area contributed by atoms with Crippen molar-refractivity contribution in [1.29, 1.82) is 0 Å². The van der Waals surface area contributed by atoms with Gasteiger partial charge in [0, 0.05) is 12.1 Å². The summed E-state index contributed by atoms with van der Waals surface area (Å²) in [5.74, 6) is 2.62. The van der Waals surface area contributed by atoms with Crippen LogP contribution in [0.4, 0.5) is 0 Å². The summed E-state index contributed by atoms with van der Waals surface area (Å²) < 4.78 is 0. The van der Waals surface area contributed by atoms with E-state index in [1.54, 1.807) is 0 Å². The molecule has 3 saturated carbocycles. The molecular formula is C24H43N. The van der Waals surface area contributed by atoms with Gasteiger partial charge in [-0.1, -0.05) is 41.5 Å². The molecule has 7 unspecified atom stereocenters. The van der Waals surface area contributed by atoms with E-state index in [2.05, 4.69) is 60.4 Å². The molecule has 1 saturated heterocycles. The maximum atomic E-state index is 2.71. The Morgan fingerprint density at radius 3 is 2.04 bits per heavy atom. The Morgan fingerprint density at radius 1 is 0.920 bits per heavy atom. The van der Waals surface area contributed by atoms with Gasteiger partial charge in [-0.3, -0.25) is 4.90 Å². The van der Waals surface area contributed by atoms with Crippen molar-refractivity contribution in [3.63, 3.8) is 0 Å². The topological polar surface area (TPSA) is 3.24 Å². The van der Waals surface area contributed by atoms with Crippen LogP contribution in [0, 0.1) is 39.4 Å². The Labute approximate surface area is 157 Å². The zero-order valence-corrected chi connectivity index (χ0v) is 18.3. The smallest absolute Gasteiger partial charge is 0.0218 e. The summed E-state index contributed by atoms with van der Waals surface area (Å²) >= 11 is 0. The number of nitrogens with zero attached hydrogens (tertiary/aromatic N) is 1. The van der Waals surface area contributed by atoms with Crippen molar-refractivity contribution in [2.45, 2.75) is 105 Å².